The number of benzene rings is 1. The molecule has 0 aromatic heterocycles. The van der Waals surface area contributed by atoms with E-state index in [-0.39, 0.29) is 0 Å². The van der Waals surface area contributed by atoms with Crippen LogP contribution in [0.4, 0.5) is 11.4 Å². The number of aldehydes is 1. The summed E-state index contributed by atoms with van der Waals surface area (Å²) in [5.74, 6) is 0. The molecule has 0 atom stereocenters. The Hall–Kier alpha value is -1.51. The molecule has 3 heteroatoms. The molecule has 0 spiro atoms. The first-order valence-electron chi connectivity index (χ1n) is 4.58. The molecule has 0 aliphatic rings. The standard InChI is InChI=1S/C8H12N2.C3H6O/c1-10(2)8-5-3-7(9)4-6-8;1-2-3-4/h3-6H,9H2,1-2H3;3H,2H2,1H3. The Morgan fingerprint density at radius 3 is 2.00 bits per heavy atom. The maximum Gasteiger partial charge on any atom is 0.119 e. The van der Waals surface area contributed by atoms with Gasteiger partial charge in [0.05, 0.1) is 0 Å². The van der Waals surface area contributed by atoms with Crippen molar-refractivity contribution in [3.8, 4) is 0 Å². The van der Waals surface area contributed by atoms with Crippen LogP contribution in [0.3, 0.4) is 0 Å². The average molecular weight is 194 g/mol. The minimum Gasteiger partial charge on any atom is -0.399 e. The van der Waals surface area contributed by atoms with Crippen LogP contribution < -0.4 is 10.6 Å². The Balaban J connectivity index is 0.000000364. The highest BCUT2D eigenvalue weighted by Gasteiger charge is 1.91. The van der Waals surface area contributed by atoms with Crippen molar-refractivity contribution in [2.24, 2.45) is 0 Å². The van der Waals surface area contributed by atoms with Crippen molar-refractivity contribution in [3.63, 3.8) is 0 Å². The third-order valence-electron chi connectivity index (χ3n) is 1.58. The van der Waals surface area contributed by atoms with E-state index in [1.165, 1.54) is 5.69 Å². The van der Waals surface area contributed by atoms with Gasteiger partial charge in [0.15, 0.2) is 0 Å². The van der Waals surface area contributed by atoms with E-state index in [9.17, 15) is 4.79 Å². The second kappa shape index (κ2) is 6.95. The van der Waals surface area contributed by atoms with Crippen molar-refractivity contribution in [3.05, 3.63) is 24.3 Å². The maximum absolute atomic E-state index is 9.17. The molecular formula is C11H18N2O. The first-order valence-corrected chi connectivity index (χ1v) is 4.58. The molecule has 3 nitrogen and oxygen atoms in total. The molecule has 0 saturated heterocycles. The van der Waals surface area contributed by atoms with E-state index in [1.807, 2.05) is 50.2 Å². The van der Waals surface area contributed by atoms with Crippen LogP contribution in [-0.2, 0) is 4.79 Å². The summed E-state index contributed by atoms with van der Waals surface area (Å²) >= 11 is 0. The average Bonchev–Trinajstić information content (AvgIpc) is 2.19. The van der Waals surface area contributed by atoms with Gasteiger partial charge in [0.2, 0.25) is 0 Å². The van der Waals surface area contributed by atoms with Gasteiger partial charge in [0.1, 0.15) is 6.29 Å². The molecule has 0 aliphatic heterocycles. The van der Waals surface area contributed by atoms with Gasteiger partial charge in [-0.2, -0.15) is 0 Å². The lowest BCUT2D eigenvalue weighted by molar-refractivity contribution is -0.107. The summed E-state index contributed by atoms with van der Waals surface area (Å²) in [6.45, 7) is 1.81. The van der Waals surface area contributed by atoms with Crippen molar-refractivity contribution in [1.29, 1.82) is 0 Å². The first kappa shape index (κ1) is 12.5. The van der Waals surface area contributed by atoms with Gasteiger partial charge in [0, 0.05) is 31.9 Å². The zero-order valence-corrected chi connectivity index (χ0v) is 9.03. The van der Waals surface area contributed by atoms with Gasteiger partial charge in [0.25, 0.3) is 0 Å². The van der Waals surface area contributed by atoms with Gasteiger partial charge < -0.3 is 15.4 Å². The zero-order chi connectivity index (χ0) is 11.0. The Kier molecular flexibility index (Phi) is 6.20. The van der Waals surface area contributed by atoms with E-state index >= 15 is 0 Å². The molecule has 78 valence electrons. The lowest BCUT2D eigenvalue weighted by Crippen LogP contribution is -2.08. The predicted molar refractivity (Wildman–Crippen MR) is 61.5 cm³/mol. The minimum absolute atomic E-state index is 0.639. The van der Waals surface area contributed by atoms with Gasteiger partial charge >= 0.3 is 0 Å². The molecule has 0 saturated carbocycles. The predicted octanol–water partition coefficient (Wildman–Crippen LogP) is 1.93. The van der Waals surface area contributed by atoms with Crippen LogP contribution in [0.25, 0.3) is 0 Å². The van der Waals surface area contributed by atoms with Crippen LogP contribution in [-0.4, -0.2) is 20.4 Å². The summed E-state index contributed by atoms with van der Waals surface area (Å²) in [7, 11) is 4.01. The maximum atomic E-state index is 9.17. The fourth-order valence-corrected chi connectivity index (χ4v) is 0.772. The number of carbonyl (C=O) groups is 1. The largest absolute Gasteiger partial charge is 0.399 e. The van der Waals surface area contributed by atoms with E-state index < -0.39 is 0 Å². The highest BCUT2D eigenvalue weighted by Crippen LogP contribution is 2.12. The molecule has 14 heavy (non-hydrogen) atoms. The fraction of sp³-hybridized carbons (Fsp3) is 0.364. The topological polar surface area (TPSA) is 46.3 Å². The molecule has 0 fully saturated rings. The Morgan fingerprint density at radius 1 is 1.29 bits per heavy atom. The highest BCUT2D eigenvalue weighted by molar-refractivity contribution is 5.51. The molecule has 0 heterocycles. The number of nitrogens with zero attached hydrogens (tertiary/aromatic N) is 1. The minimum atomic E-state index is 0.639. The Bertz CT molecular complexity index is 254. The van der Waals surface area contributed by atoms with Crippen LogP contribution in [0.2, 0.25) is 0 Å². The molecule has 0 radical (unpaired) electrons. The molecule has 2 N–H and O–H groups in total. The molecule has 1 rings (SSSR count). The van der Waals surface area contributed by atoms with E-state index in [2.05, 4.69) is 0 Å². The summed E-state index contributed by atoms with van der Waals surface area (Å²) in [6.07, 6.45) is 1.51. The van der Waals surface area contributed by atoms with E-state index in [0.29, 0.717) is 6.42 Å². The number of nitrogen functional groups attached to an aromatic ring is 1. The third-order valence-corrected chi connectivity index (χ3v) is 1.58. The second-order valence-electron chi connectivity index (χ2n) is 3.06. The lowest BCUT2D eigenvalue weighted by atomic mass is 10.3. The molecule has 0 bridgehead atoms. The van der Waals surface area contributed by atoms with Crippen molar-refractivity contribution in [2.75, 3.05) is 24.7 Å². The van der Waals surface area contributed by atoms with Crippen LogP contribution in [0.1, 0.15) is 13.3 Å². The number of nitrogens with two attached hydrogens (primary N) is 1. The van der Waals surface area contributed by atoms with Crippen molar-refractivity contribution < 1.29 is 4.79 Å². The van der Waals surface area contributed by atoms with Crippen molar-refractivity contribution in [1.82, 2.24) is 0 Å². The smallest absolute Gasteiger partial charge is 0.119 e. The molecule has 1 aromatic rings. The monoisotopic (exact) mass is 194 g/mol. The number of anilines is 2. The number of hydrogen-bond acceptors (Lipinski definition) is 3. The summed E-state index contributed by atoms with van der Waals surface area (Å²) in [5, 5.41) is 0. The van der Waals surface area contributed by atoms with Gasteiger partial charge in [-0.1, -0.05) is 6.92 Å². The normalized spacial score (nSPS) is 8.50. The molecular weight excluding hydrogens is 176 g/mol. The van der Waals surface area contributed by atoms with Crippen LogP contribution in [0.15, 0.2) is 24.3 Å². The first-order chi connectivity index (χ1) is 6.61. The highest BCUT2D eigenvalue weighted by atomic mass is 16.1. The van der Waals surface area contributed by atoms with Gasteiger partial charge in [-0.15, -0.1) is 0 Å². The van der Waals surface area contributed by atoms with E-state index in [4.69, 9.17) is 5.73 Å². The van der Waals surface area contributed by atoms with Crippen molar-refractivity contribution >= 4 is 17.7 Å². The Morgan fingerprint density at radius 2 is 1.71 bits per heavy atom. The van der Waals surface area contributed by atoms with Crippen LogP contribution in [0, 0.1) is 0 Å². The summed E-state index contributed by atoms with van der Waals surface area (Å²) in [5.41, 5.74) is 7.49. The summed E-state index contributed by atoms with van der Waals surface area (Å²) in [4.78, 5) is 11.2. The number of carbonyl (C=O) groups excluding carboxylic acids is 1. The molecule has 0 unspecified atom stereocenters. The van der Waals surface area contributed by atoms with Crippen LogP contribution >= 0.6 is 0 Å². The lowest BCUT2D eigenvalue weighted by Gasteiger charge is -2.11. The summed E-state index contributed by atoms with van der Waals surface area (Å²) < 4.78 is 0. The van der Waals surface area contributed by atoms with E-state index in [1.54, 1.807) is 0 Å². The fourth-order valence-electron chi connectivity index (χ4n) is 0.772. The quantitative estimate of drug-likeness (QED) is 0.578. The Labute approximate surface area is 85.5 Å². The van der Waals surface area contributed by atoms with Gasteiger partial charge in [-0.05, 0) is 24.3 Å². The van der Waals surface area contributed by atoms with Gasteiger partial charge in [-0.25, -0.2) is 0 Å². The van der Waals surface area contributed by atoms with Crippen molar-refractivity contribution in [2.45, 2.75) is 13.3 Å². The zero-order valence-electron chi connectivity index (χ0n) is 9.03. The SMILES string of the molecule is CCC=O.CN(C)c1ccc(N)cc1. The van der Waals surface area contributed by atoms with E-state index in [0.717, 1.165) is 12.0 Å². The molecule has 1 aromatic carbocycles. The second-order valence-corrected chi connectivity index (χ2v) is 3.06. The summed E-state index contributed by atoms with van der Waals surface area (Å²) in [6, 6.07) is 7.79. The molecule has 0 amide bonds. The molecule has 0 aliphatic carbocycles. The van der Waals surface area contributed by atoms with Gasteiger partial charge in [-0.3, -0.25) is 0 Å². The van der Waals surface area contributed by atoms with Crippen LogP contribution in [0.5, 0.6) is 0 Å². The number of rotatable bonds is 2. The third kappa shape index (κ3) is 5.19. The number of hydrogen-bond donors (Lipinski definition) is 1.